The van der Waals surface area contributed by atoms with Gasteiger partial charge in [-0.2, -0.15) is 0 Å². The summed E-state index contributed by atoms with van der Waals surface area (Å²) in [7, 11) is 0. The van der Waals surface area contributed by atoms with Gasteiger partial charge in [-0.25, -0.2) is 0 Å². The zero-order valence-electron chi connectivity index (χ0n) is 13.9. The van der Waals surface area contributed by atoms with Gasteiger partial charge < -0.3 is 9.64 Å². The Morgan fingerprint density at radius 1 is 1.17 bits per heavy atom. The summed E-state index contributed by atoms with van der Waals surface area (Å²) in [5.41, 5.74) is 2.90. The molecule has 0 bridgehead atoms. The van der Waals surface area contributed by atoms with E-state index in [1.807, 2.05) is 47.4 Å². The van der Waals surface area contributed by atoms with Crippen molar-refractivity contribution in [3.05, 3.63) is 64.2 Å². The lowest BCUT2D eigenvalue weighted by Crippen LogP contribution is -2.37. The van der Waals surface area contributed by atoms with E-state index in [-0.39, 0.29) is 5.91 Å². The van der Waals surface area contributed by atoms with Gasteiger partial charge in [0.15, 0.2) is 0 Å². The van der Waals surface area contributed by atoms with Gasteiger partial charge in [0.05, 0.1) is 6.61 Å². The quantitative estimate of drug-likeness (QED) is 0.710. The monoisotopic (exact) mass is 343 g/mol. The second-order valence-corrected chi connectivity index (χ2v) is 6.52. The van der Waals surface area contributed by atoms with E-state index >= 15 is 0 Å². The van der Waals surface area contributed by atoms with Crippen LogP contribution in [0, 0.1) is 0 Å². The molecule has 3 nitrogen and oxygen atoms in total. The Kier molecular flexibility index (Phi) is 5.41. The van der Waals surface area contributed by atoms with Gasteiger partial charge in [-0.15, -0.1) is 0 Å². The highest BCUT2D eigenvalue weighted by Crippen LogP contribution is 2.29. The van der Waals surface area contributed by atoms with Crippen molar-refractivity contribution in [1.29, 1.82) is 0 Å². The summed E-state index contributed by atoms with van der Waals surface area (Å²) in [6.07, 6.45) is 2.96. The molecule has 1 heterocycles. The number of hydrogen-bond donors (Lipinski definition) is 0. The molecule has 0 saturated heterocycles. The third-order valence-electron chi connectivity index (χ3n) is 4.32. The van der Waals surface area contributed by atoms with Gasteiger partial charge in [-0.3, -0.25) is 4.79 Å². The number of unbranched alkanes of at least 4 members (excludes halogenated alkanes) is 1. The van der Waals surface area contributed by atoms with Gasteiger partial charge in [0.2, 0.25) is 0 Å². The molecule has 0 saturated carbocycles. The normalized spacial score (nSPS) is 13.8. The molecular weight excluding hydrogens is 322 g/mol. The van der Waals surface area contributed by atoms with Crippen molar-refractivity contribution < 1.29 is 9.53 Å². The van der Waals surface area contributed by atoms with Gasteiger partial charge in [0.1, 0.15) is 5.75 Å². The van der Waals surface area contributed by atoms with Crippen LogP contribution in [0.5, 0.6) is 5.75 Å². The minimum absolute atomic E-state index is 0.0761. The number of hydrogen-bond acceptors (Lipinski definition) is 2. The SMILES string of the molecule is CCCCOc1cccc2c1CCN(Cc1ccc(Cl)cc1)C2=O. The van der Waals surface area contributed by atoms with Crippen molar-refractivity contribution in [1.82, 2.24) is 4.90 Å². The number of rotatable bonds is 6. The van der Waals surface area contributed by atoms with E-state index in [0.717, 1.165) is 41.7 Å². The molecule has 2 aromatic rings. The highest BCUT2D eigenvalue weighted by atomic mass is 35.5. The number of carbonyl (C=O) groups excluding carboxylic acids is 1. The van der Waals surface area contributed by atoms with E-state index in [1.54, 1.807) is 0 Å². The molecule has 1 aliphatic heterocycles. The van der Waals surface area contributed by atoms with E-state index < -0.39 is 0 Å². The van der Waals surface area contributed by atoms with Crippen LogP contribution in [0.1, 0.15) is 41.3 Å². The first-order valence-corrected chi connectivity index (χ1v) is 8.85. The van der Waals surface area contributed by atoms with Crippen molar-refractivity contribution >= 4 is 17.5 Å². The molecule has 0 fully saturated rings. The molecule has 0 atom stereocenters. The fraction of sp³-hybridized carbons (Fsp3) is 0.350. The molecule has 126 valence electrons. The number of nitrogens with zero attached hydrogens (tertiary/aromatic N) is 1. The van der Waals surface area contributed by atoms with Gasteiger partial charge in [0.25, 0.3) is 5.91 Å². The van der Waals surface area contributed by atoms with E-state index in [9.17, 15) is 4.79 Å². The maximum Gasteiger partial charge on any atom is 0.254 e. The van der Waals surface area contributed by atoms with Crippen molar-refractivity contribution in [3.8, 4) is 5.75 Å². The molecule has 0 aliphatic carbocycles. The molecule has 3 rings (SSSR count). The lowest BCUT2D eigenvalue weighted by atomic mass is 9.97. The molecule has 4 heteroatoms. The van der Waals surface area contributed by atoms with E-state index in [4.69, 9.17) is 16.3 Å². The number of ether oxygens (including phenoxy) is 1. The van der Waals surface area contributed by atoms with Crippen LogP contribution in [-0.2, 0) is 13.0 Å². The maximum atomic E-state index is 12.8. The molecule has 1 aliphatic rings. The van der Waals surface area contributed by atoms with Crippen LogP contribution >= 0.6 is 11.6 Å². The molecule has 0 aromatic heterocycles. The number of carbonyl (C=O) groups is 1. The Labute approximate surface area is 148 Å². The molecule has 0 unspecified atom stereocenters. The molecule has 24 heavy (non-hydrogen) atoms. The summed E-state index contributed by atoms with van der Waals surface area (Å²) < 4.78 is 5.87. The molecular formula is C20H22ClNO2. The summed E-state index contributed by atoms with van der Waals surface area (Å²) in [6.45, 7) is 4.16. The Morgan fingerprint density at radius 2 is 1.96 bits per heavy atom. The van der Waals surface area contributed by atoms with E-state index in [1.165, 1.54) is 0 Å². The molecule has 0 radical (unpaired) electrons. The average Bonchev–Trinajstić information content (AvgIpc) is 2.60. The smallest absolute Gasteiger partial charge is 0.254 e. The molecule has 0 spiro atoms. The molecule has 2 aromatic carbocycles. The Morgan fingerprint density at radius 3 is 2.71 bits per heavy atom. The van der Waals surface area contributed by atoms with Crippen LogP contribution in [0.25, 0.3) is 0 Å². The number of halogens is 1. The van der Waals surface area contributed by atoms with Crippen LogP contribution in [0.4, 0.5) is 0 Å². The zero-order valence-corrected chi connectivity index (χ0v) is 14.7. The summed E-state index contributed by atoms with van der Waals surface area (Å²) in [5.74, 6) is 0.938. The third-order valence-corrected chi connectivity index (χ3v) is 4.58. The standard InChI is InChI=1S/C20H22ClNO2/c1-2-3-13-24-19-6-4-5-18-17(19)11-12-22(20(18)23)14-15-7-9-16(21)10-8-15/h4-10H,2-3,11-14H2,1H3. The summed E-state index contributed by atoms with van der Waals surface area (Å²) in [4.78, 5) is 14.7. The third kappa shape index (κ3) is 3.73. The average molecular weight is 344 g/mol. The summed E-state index contributed by atoms with van der Waals surface area (Å²) in [5, 5.41) is 0.711. The first kappa shape index (κ1) is 16.8. The summed E-state index contributed by atoms with van der Waals surface area (Å²) in [6, 6.07) is 13.4. The van der Waals surface area contributed by atoms with Crippen molar-refractivity contribution in [3.63, 3.8) is 0 Å². The topological polar surface area (TPSA) is 29.5 Å². The minimum atomic E-state index is 0.0761. The molecule has 0 N–H and O–H groups in total. The summed E-state index contributed by atoms with van der Waals surface area (Å²) >= 11 is 5.93. The largest absolute Gasteiger partial charge is 0.493 e. The van der Waals surface area contributed by atoms with Crippen molar-refractivity contribution in [2.45, 2.75) is 32.7 Å². The van der Waals surface area contributed by atoms with Crippen molar-refractivity contribution in [2.75, 3.05) is 13.2 Å². The highest BCUT2D eigenvalue weighted by molar-refractivity contribution is 6.30. The van der Waals surface area contributed by atoms with Crippen molar-refractivity contribution in [2.24, 2.45) is 0 Å². The zero-order chi connectivity index (χ0) is 16.9. The predicted octanol–water partition coefficient (Wildman–Crippen LogP) is 4.72. The number of benzene rings is 2. The van der Waals surface area contributed by atoms with Gasteiger partial charge in [-0.1, -0.05) is 43.1 Å². The first-order valence-electron chi connectivity index (χ1n) is 8.47. The Bertz CT molecular complexity index is 712. The van der Waals surface area contributed by atoms with Crippen LogP contribution in [0.3, 0.4) is 0 Å². The predicted molar refractivity (Wildman–Crippen MR) is 96.7 cm³/mol. The lowest BCUT2D eigenvalue weighted by Gasteiger charge is -2.29. The van der Waals surface area contributed by atoms with Gasteiger partial charge in [0, 0.05) is 29.2 Å². The van der Waals surface area contributed by atoms with Crippen LogP contribution < -0.4 is 4.74 Å². The number of amides is 1. The fourth-order valence-corrected chi connectivity index (χ4v) is 3.09. The van der Waals surface area contributed by atoms with Gasteiger partial charge >= 0.3 is 0 Å². The first-order chi connectivity index (χ1) is 11.7. The number of fused-ring (bicyclic) bond motifs is 1. The van der Waals surface area contributed by atoms with Gasteiger partial charge in [-0.05, 0) is 42.7 Å². The minimum Gasteiger partial charge on any atom is -0.493 e. The second-order valence-electron chi connectivity index (χ2n) is 6.09. The fourth-order valence-electron chi connectivity index (χ4n) is 2.97. The van der Waals surface area contributed by atoms with E-state index in [0.29, 0.717) is 24.7 Å². The van der Waals surface area contributed by atoms with Crippen LogP contribution in [0.2, 0.25) is 5.02 Å². The van der Waals surface area contributed by atoms with Crippen LogP contribution in [-0.4, -0.2) is 24.0 Å². The maximum absolute atomic E-state index is 12.8. The van der Waals surface area contributed by atoms with Crippen LogP contribution in [0.15, 0.2) is 42.5 Å². The molecule has 1 amide bonds. The van der Waals surface area contributed by atoms with E-state index in [2.05, 4.69) is 6.92 Å². The Balaban J connectivity index is 1.75. The Hall–Kier alpha value is -2.00. The second kappa shape index (κ2) is 7.71. The lowest BCUT2D eigenvalue weighted by molar-refractivity contribution is 0.0725. The highest BCUT2D eigenvalue weighted by Gasteiger charge is 2.26.